The van der Waals surface area contributed by atoms with Crippen molar-refractivity contribution < 1.29 is 4.79 Å². The Hall–Kier alpha value is -2.96. The average molecular weight is 322 g/mol. The second-order valence-corrected chi connectivity index (χ2v) is 5.84. The zero-order chi connectivity index (χ0) is 16.5. The molecule has 3 aromatic heterocycles. The number of hydrogen-bond acceptors (Lipinski definition) is 5. The summed E-state index contributed by atoms with van der Waals surface area (Å²) in [6, 6.07) is 9.57. The first kappa shape index (κ1) is 14.6. The van der Waals surface area contributed by atoms with Crippen LogP contribution in [-0.2, 0) is 0 Å². The van der Waals surface area contributed by atoms with Gasteiger partial charge in [-0.25, -0.2) is 4.98 Å². The minimum atomic E-state index is 0.0324. The molecule has 0 spiro atoms. The number of anilines is 1. The second kappa shape index (κ2) is 5.92. The van der Waals surface area contributed by atoms with Gasteiger partial charge in [0.15, 0.2) is 5.82 Å². The number of piperazine rings is 1. The van der Waals surface area contributed by atoms with E-state index in [1.54, 1.807) is 6.20 Å². The molecular weight excluding hydrogens is 304 g/mol. The van der Waals surface area contributed by atoms with Crippen LogP contribution >= 0.6 is 0 Å². The summed E-state index contributed by atoms with van der Waals surface area (Å²) >= 11 is 0. The average Bonchev–Trinajstić information content (AvgIpc) is 2.98. The van der Waals surface area contributed by atoms with Gasteiger partial charge >= 0.3 is 0 Å². The molecular formula is C17H18N6O. The maximum atomic E-state index is 13.0. The van der Waals surface area contributed by atoms with E-state index in [9.17, 15) is 4.79 Å². The van der Waals surface area contributed by atoms with Gasteiger partial charge in [0.25, 0.3) is 5.91 Å². The largest absolute Gasteiger partial charge is 0.352 e. The summed E-state index contributed by atoms with van der Waals surface area (Å²) in [6.45, 7) is 4.71. The summed E-state index contributed by atoms with van der Waals surface area (Å²) in [5.74, 6) is 0.889. The van der Waals surface area contributed by atoms with E-state index in [1.165, 1.54) is 0 Å². The van der Waals surface area contributed by atoms with Gasteiger partial charge in [0.05, 0.1) is 5.69 Å². The zero-order valence-corrected chi connectivity index (χ0v) is 13.5. The quantitative estimate of drug-likeness (QED) is 0.713. The van der Waals surface area contributed by atoms with E-state index in [2.05, 4.69) is 20.1 Å². The Morgan fingerprint density at radius 3 is 2.67 bits per heavy atom. The molecule has 7 nitrogen and oxygen atoms in total. The molecule has 1 saturated heterocycles. The fourth-order valence-corrected chi connectivity index (χ4v) is 3.12. The van der Waals surface area contributed by atoms with Gasteiger partial charge in [-0.3, -0.25) is 9.20 Å². The number of carbonyl (C=O) groups is 1. The molecule has 0 N–H and O–H groups in total. The molecule has 4 heterocycles. The number of hydrogen-bond donors (Lipinski definition) is 0. The van der Waals surface area contributed by atoms with Gasteiger partial charge in [-0.05, 0) is 31.2 Å². The van der Waals surface area contributed by atoms with Crippen LogP contribution in [-0.4, -0.2) is 56.6 Å². The van der Waals surface area contributed by atoms with Gasteiger partial charge in [0.2, 0.25) is 0 Å². The van der Waals surface area contributed by atoms with Crippen LogP contribution in [0.4, 0.5) is 5.82 Å². The number of amides is 1. The molecule has 0 saturated carbocycles. The third-order valence-electron chi connectivity index (χ3n) is 4.36. The van der Waals surface area contributed by atoms with Crippen molar-refractivity contribution in [1.29, 1.82) is 0 Å². The van der Waals surface area contributed by atoms with Crippen molar-refractivity contribution in [3.63, 3.8) is 0 Å². The molecule has 0 atom stereocenters. The maximum Gasteiger partial charge on any atom is 0.272 e. The Kier molecular flexibility index (Phi) is 3.60. The summed E-state index contributed by atoms with van der Waals surface area (Å²) in [5, 5.41) is 8.05. The van der Waals surface area contributed by atoms with E-state index in [0.717, 1.165) is 30.2 Å². The highest BCUT2D eigenvalue weighted by atomic mass is 16.2. The number of aromatic nitrogens is 4. The molecule has 1 fully saturated rings. The summed E-state index contributed by atoms with van der Waals surface area (Å²) in [4.78, 5) is 21.5. The van der Waals surface area contributed by atoms with E-state index in [-0.39, 0.29) is 5.91 Å². The van der Waals surface area contributed by atoms with Crippen molar-refractivity contribution >= 4 is 17.4 Å². The van der Waals surface area contributed by atoms with Crippen molar-refractivity contribution in [2.24, 2.45) is 0 Å². The van der Waals surface area contributed by atoms with Gasteiger partial charge in [-0.1, -0.05) is 6.07 Å². The fraction of sp³-hybridized carbons (Fsp3) is 0.294. The monoisotopic (exact) mass is 322 g/mol. The molecule has 0 unspecified atom stereocenters. The maximum absolute atomic E-state index is 13.0. The normalized spacial score (nSPS) is 15.0. The van der Waals surface area contributed by atoms with Crippen LogP contribution in [0, 0.1) is 6.92 Å². The van der Waals surface area contributed by atoms with Crippen molar-refractivity contribution in [2.75, 3.05) is 31.1 Å². The molecule has 0 aromatic carbocycles. The highest BCUT2D eigenvalue weighted by molar-refractivity contribution is 5.94. The molecule has 0 radical (unpaired) electrons. The van der Waals surface area contributed by atoms with Crippen molar-refractivity contribution in [1.82, 2.24) is 24.5 Å². The Bertz CT molecular complexity index is 867. The molecule has 0 aliphatic carbocycles. The summed E-state index contributed by atoms with van der Waals surface area (Å²) < 4.78 is 1.87. The van der Waals surface area contributed by atoms with E-state index in [4.69, 9.17) is 0 Å². The van der Waals surface area contributed by atoms with E-state index in [0.29, 0.717) is 18.8 Å². The number of pyridine rings is 1. The number of rotatable bonds is 2. The van der Waals surface area contributed by atoms with Gasteiger partial charge < -0.3 is 9.80 Å². The van der Waals surface area contributed by atoms with Gasteiger partial charge in [0.1, 0.15) is 11.3 Å². The molecule has 7 heteroatoms. The van der Waals surface area contributed by atoms with Crippen LogP contribution < -0.4 is 4.90 Å². The lowest BCUT2D eigenvalue weighted by Crippen LogP contribution is -2.49. The smallest absolute Gasteiger partial charge is 0.272 e. The van der Waals surface area contributed by atoms with E-state index < -0.39 is 0 Å². The summed E-state index contributed by atoms with van der Waals surface area (Å²) in [7, 11) is 0. The predicted molar refractivity (Wildman–Crippen MR) is 90.1 cm³/mol. The van der Waals surface area contributed by atoms with Crippen LogP contribution in [0.15, 0.2) is 42.7 Å². The lowest BCUT2D eigenvalue weighted by molar-refractivity contribution is 0.0738. The SMILES string of the molecule is Cc1nc2ccccn2c1C(=O)N1CCN(c2cccnn2)CC1. The molecule has 0 bridgehead atoms. The third-order valence-corrected chi connectivity index (χ3v) is 4.36. The minimum Gasteiger partial charge on any atom is -0.352 e. The number of fused-ring (bicyclic) bond motifs is 1. The standard InChI is InChI=1S/C17H18N6O/c1-13-16(23-8-3-2-5-14(23)19-13)17(24)22-11-9-21(10-12-22)15-6-4-7-18-20-15/h2-8H,9-12H2,1H3. The molecule has 24 heavy (non-hydrogen) atoms. The van der Waals surface area contributed by atoms with Crippen LogP contribution in [0.3, 0.4) is 0 Å². The minimum absolute atomic E-state index is 0.0324. The number of carbonyl (C=O) groups excluding carboxylic acids is 1. The topological polar surface area (TPSA) is 66.6 Å². The van der Waals surface area contributed by atoms with Crippen LogP contribution in [0.25, 0.3) is 5.65 Å². The number of aryl methyl sites for hydroxylation is 1. The Morgan fingerprint density at radius 2 is 1.92 bits per heavy atom. The van der Waals surface area contributed by atoms with Gasteiger partial charge in [0, 0.05) is 38.6 Å². The predicted octanol–water partition coefficient (Wildman–Crippen LogP) is 1.40. The first-order valence-corrected chi connectivity index (χ1v) is 7.99. The summed E-state index contributed by atoms with van der Waals surface area (Å²) in [5.41, 5.74) is 2.22. The van der Waals surface area contributed by atoms with Crippen LogP contribution in [0.2, 0.25) is 0 Å². The van der Waals surface area contributed by atoms with Crippen molar-refractivity contribution in [3.05, 3.63) is 54.1 Å². The lowest BCUT2D eigenvalue weighted by Gasteiger charge is -2.35. The Morgan fingerprint density at radius 1 is 1.08 bits per heavy atom. The number of nitrogens with zero attached hydrogens (tertiary/aromatic N) is 6. The van der Waals surface area contributed by atoms with Gasteiger partial charge in [-0.2, -0.15) is 5.10 Å². The van der Waals surface area contributed by atoms with Crippen molar-refractivity contribution in [2.45, 2.75) is 6.92 Å². The van der Waals surface area contributed by atoms with E-state index >= 15 is 0 Å². The summed E-state index contributed by atoms with van der Waals surface area (Å²) in [6.07, 6.45) is 3.55. The molecule has 4 rings (SSSR count). The molecule has 122 valence electrons. The Balaban J connectivity index is 1.53. The molecule has 3 aromatic rings. The molecule has 1 amide bonds. The molecule has 1 aliphatic heterocycles. The third kappa shape index (κ3) is 2.47. The first-order chi connectivity index (χ1) is 11.7. The fourth-order valence-electron chi connectivity index (χ4n) is 3.12. The highest BCUT2D eigenvalue weighted by Gasteiger charge is 2.26. The first-order valence-electron chi connectivity index (χ1n) is 7.99. The second-order valence-electron chi connectivity index (χ2n) is 5.84. The zero-order valence-electron chi connectivity index (χ0n) is 13.5. The van der Waals surface area contributed by atoms with E-state index in [1.807, 2.05) is 52.8 Å². The Labute approximate surface area is 139 Å². The van der Waals surface area contributed by atoms with Gasteiger partial charge in [-0.15, -0.1) is 5.10 Å². The number of imidazole rings is 1. The van der Waals surface area contributed by atoms with Crippen molar-refractivity contribution in [3.8, 4) is 0 Å². The van der Waals surface area contributed by atoms with Crippen LogP contribution in [0.5, 0.6) is 0 Å². The lowest BCUT2D eigenvalue weighted by atomic mass is 10.2. The van der Waals surface area contributed by atoms with Crippen LogP contribution in [0.1, 0.15) is 16.2 Å². The molecule has 1 aliphatic rings. The highest BCUT2D eigenvalue weighted by Crippen LogP contribution is 2.17.